The van der Waals surface area contributed by atoms with Crippen LogP contribution in [0.5, 0.6) is 0 Å². The summed E-state index contributed by atoms with van der Waals surface area (Å²) in [5.74, 6) is 0. The van der Waals surface area contributed by atoms with Gasteiger partial charge in [0.2, 0.25) is 0 Å². The van der Waals surface area contributed by atoms with Crippen molar-refractivity contribution in [2.24, 2.45) is 0 Å². The predicted octanol–water partition coefficient (Wildman–Crippen LogP) is 1.97. The quantitative estimate of drug-likeness (QED) is 0.885. The lowest BCUT2D eigenvalue weighted by atomic mass is 10.2. The number of nitrogens with one attached hydrogen (secondary N) is 2. The molecule has 0 aliphatic heterocycles. The molecule has 102 valence electrons. The minimum absolute atomic E-state index is 0.0189. The molecule has 2 aromatic heterocycles. The smallest absolute Gasteiger partial charge is 0.260 e. The highest BCUT2D eigenvalue weighted by molar-refractivity contribution is 7.89. The van der Waals surface area contributed by atoms with Gasteiger partial charge in [0.25, 0.3) is 10.0 Å². The molecule has 0 aromatic carbocycles. The molecule has 2 N–H and O–H groups in total. The zero-order chi connectivity index (χ0) is 13.9. The van der Waals surface area contributed by atoms with Gasteiger partial charge in [-0.25, -0.2) is 18.1 Å². The average molecular weight is 297 g/mol. The number of hydrogen-bond acceptors (Lipinski definition) is 5. The largest absolute Gasteiger partial charge is 0.386 e. The van der Waals surface area contributed by atoms with Gasteiger partial charge in [0, 0.05) is 19.8 Å². The summed E-state index contributed by atoms with van der Waals surface area (Å²) in [5.41, 5.74) is 2.55. The summed E-state index contributed by atoms with van der Waals surface area (Å²) < 4.78 is 27.0. The van der Waals surface area contributed by atoms with Gasteiger partial charge < -0.3 is 5.32 Å². The first-order valence-electron chi connectivity index (χ1n) is 5.68. The molecule has 0 aliphatic carbocycles. The molecular weight excluding hydrogens is 282 g/mol. The van der Waals surface area contributed by atoms with Crippen molar-refractivity contribution < 1.29 is 8.42 Å². The maximum atomic E-state index is 12.2. The van der Waals surface area contributed by atoms with E-state index in [2.05, 4.69) is 15.0 Å². The number of aromatic nitrogens is 1. The Kier molecular flexibility index (Phi) is 4.18. The van der Waals surface area contributed by atoms with Gasteiger partial charge in [-0.1, -0.05) is 0 Å². The third-order valence-electron chi connectivity index (χ3n) is 2.71. The zero-order valence-electron chi connectivity index (χ0n) is 10.7. The number of rotatable bonds is 5. The van der Waals surface area contributed by atoms with Crippen molar-refractivity contribution in [1.82, 2.24) is 9.71 Å². The van der Waals surface area contributed by atoms with Gasteiger partial charge in [0.1, 0.15) is 0 Å². The van der Waals surface area contributed by atoms with Gasteiger partial charge in [-0.15, -0.1) is 0 Å². The second-order valence-corrected chi connectivity index (χ2v) is 6.44. The molecule has 7 heteroatoms. The van der Waals surface area contributed by atoms with Gasteiger partial charge in [0.15, 0.2) is 5.03 Å². The van der Waals surface area contributed by atoms with Crippen molar-refractivity contribution in [1.29, 1.82) is 0 Å². The van der Waals surface area contributed by atoms with E-state index in [1.807, 2.05) is 17.7 Å². The topological polar surface area (TPSA) is 71.1 Å². The second kappa shape index (κ2) is 5.68. The van der Waals surface area contributed by atoms with Crippen LogP contribution in [0, 0.1) is 6.92 Å². The van der Waals surface area contributed by atoms with Gasteiger partial charge in [0.05, 0.1) is 5.69 Å². The second-order valence-electron chi connectivity index (χ2n) is 4.01. The van der Waals surface area contributed by atoms with Crippen LogP contribution in [0.25, 0.3) is 0 Å². The van der Waals surface area contributed by atoms with Gasteiger partial charge in [-0.2, -0.15) is 11.3 Å². The van der Waals surface area contributed by atoms with Crippen LogP contribution in [0.4, 0.5) is 5.69 Å². The molecule has 0 saturated carbocycles. The molecule has 0 radical (unpaired) electrons. The Morgan fingerprint density at radius 1 is 1.37 bits per heavy atom. The van der Waals surface area contributed by atoms with E-state index in [0.717, 1.165) is 11.1 Å². The fourth-order valence-electron chi connectivity index (χ4n) is 1.60. The summed E-state index contributed by atoms with van der Waals surface area (Å²) in [6.45, 7) is 2.23. The fourth-order valence-corrected chi connectivity index (χ4v) is 3.60. The van der Waals surface area contributed by atoms with Crippen LogP contribution in [0.3, 0.4) is 0 Å². The normalized spacial score (nSPS) is 11.5. The highest BCUT2D eigenvalue weighted by Crippen LogP contribution is 2.18. The summed E-state index contributed by atoms with van der Waals surface area (Å²) in [6, 6.07) is 3.37. The molecule has 19 heavy (non-hydrogen) atoms. The monoisotopic (exact) mass is 297 g/mol. The maximum Gasteiger partial charge on any atom is 0.260 e. The summed E-state index contributed by atoms with van der Waals surface area (Å²) in [5, 5.41) is 6.77. The molecule has 0 aliphatic rings. The lowest BCUT2D eigenvalue weighted by Crippen LogP contribution is -2.25. The van der Waals surface area contributed by atoms with Crippen molar-refractivity contribution in [3.05, 3.63) is 40.2 Å². The Bertz CT molecular complexity index is 665. The Balaban J connectivity index is 2.21. The Hall–Kier alpha value is -1.44. The molecule has 2 aromatic rings. The van der Waals surface area contributed by atoms with E-state index in [4.69, 9.17) is 0 Å². The highest BCUT2D eigenvalue weighted by Gasteiger charge is 2.19. The van der Waals surface area contributed by atoms with Crippen molar-refractivity contribution >= 4 is 27.0 Å². The molecule has 0 atom stereocenters. The summed E-state index contributed by atoms with van der Waals surface area (Å²) in [7, 11) is -1.95. The Morgan fingerprint density at radius 3 is 2.79 bits per heavy atom. The Labute approximate surface area is 116 Å². The summed E-state index contributed by atoms with van der Waals surface area (Å²) in [6.07, 6.45) is 1.46. The number of sulfonamides is 1. The van der Waals surface area contributed by atoms with Crippen LogP contribution in [0.1, 0.15) is 11.1 Å². The van der Waals surface area contributed by atoms with E-state index in [1.165, 1.54) is 6.20 Å². The van der Waals surface area contributed by atoms with Crippen molar-refractivity contribution in [2.75, 3.05) is 12.4 Å². The van der Waals surface area contributed by atoms with Crippen molar-refractivity contribution in [3.63, 3.8) is 0 Å². The number of nitrogens with zero attached hydrogens (tertiary/aromatic N) is 1. The van der Waals surface area contributed by atoms with Crippen molar-refractivity contribution in [3.8, 4) is 0 Å². The lowest BCUT2D eigenvalue weighted by Gasteiger charge is -2.09. The molecule has 0 spiro atoms. The van der Waals surface area contributed by atoms with E-state index in [9.17, 15) is 8.42 Å². The maximum absolute atomic E-state index is 12.2. The van der Waals surface area contributed by atoms with Crippen LogP contribution >= 0.6 is 11.3 Å². The number of pyridine rings is 1. The van der Waals surface area contributed by atoms with E-state index in [0.29, 0.717) is 5.69 Å². The first-order chi connectivity index (χ1) is 9.04. The van der Waals surface area contributed by atoms with Gasteiger partial charge >= 0.3 is 0 Å². The van der Waals surface area contributed by atoms with E-state index in [-0.39, 0.29) is 11.6 Å². The standard InChI is InChI=1S/C12H15N3O2S2/c1-9-7-18-8-10(9)6-15-19(16,17)12-11(13-2)4-3-5-14-12/h3-5,7-8,13,15H,6H2,1-2H3. The van der Waals surface area contributed by atoms with Gasteiger partial charge in [-0.3, -0.25) is 0 Å². The average Bonchev–Trinajstić information content (AvgIpc) is 2.82. The minimum Gasteiger partial charge on any atom is -0.386 e. The first kappa shape index (κ1) is 14.0. The molecule has 5 nitrogen and oxygen atoms in total. The molecule has 2 heterocycles. The van der Waals surface area contributed by atoms with Crippen LogP contribution < -0.4 is 10.0 Å². The number of hydrogen-bond donors (Lipinski definition) is 2. The third kappa shape index (κ3) is 3.12. The van der Waals surface area contributed by atoms with Crippen LogP contribution in [0.2, 0.25) is 0 Å². The van der Waals surface area contributed by atoms with E-state index in [1.54, 1.807) is 30.5 Å². The zero-order valence-corrected chi connectivity index (χ0v) is 12.3. The predicted molar refractivity (Wildman–Crippen MR) is 76.9 cm³/mol. The van der Waals surface area contributed by atoms with Gasteiger partial charge in [-0.05, 0) is 40.9 Å². The molecule has 0 saturated heterocycles. The van der Waals surface area contributed by atoms with Crippen LogP contribution in [-0.2, 0) is 16.6 Å². The lowest BCUT2D eigenvalue weighted by molar-refractivity contribution is 0.578. The highest BCUT2D eigenvalue weighted by atomic mass is 32.2. The van der Waals surface area contributed by atoms with E-state index < -0.39 is 10.0 Å². The third-order valence-corrected chi connectivity index (χ3v) is 4.98. The molecule has 2 rings (SSSR count). The van der Waals surface area contributed by atoms with Crippen LogP contribution in [-0.4, -0.2) is 20.4 Å². The Morgan fingerprint density at radius 2 is 2.16 bits per heavy atom. The molecule has 0 unspecified atom stereocenters. The molecular formula is C12H15N3O2S2. The van der Waals surface area contributed by atoms with Crippen LogP contribution in [0.15, 0.2) is 34.1 Å². The molecule has 0 amide bonds. The number of aryl methyl sites for hydroxylation is 1. The summed E-state index contributed by atoms with van der Waals surface area (Å²) >= 11 is 1.56. The number of thiophene rings is 1. The summed E-state index contributed by atoms with van der Waals surface area (Å²) in [4.78, 5) is 3.93. The van der Waals surface area contributed by atoms with Crippen molar-refractivity contribution in [2.45, 2.75) is 18.5 Å². The minimum atomic E-state index is -3.61. The number of anilines is 1. The van der Waals surface area contributed by atoms with E-state index >= 15 is 0 Å². The first-order valence-corrected chi connectivity index (χ1v) is 8.11. The molecule has 0 fully saturated rings. The SMILES string of the molecule is CNc1cccnc1S(=O)(=O)NCc1cscc1C. The fraction of sp³-hybridized carbons (Fsp3) is 0.250. The molecule has 0 bridgehead atoms.